The summed E-state index contributed by atoms with van der Waals surface area (Å²) in [5, 5.41) is 5.80. The van der Waals surface area contributed by atoms with Gasteiger partial charge in [-0.1, -0.05) is 34.1 Å². The van der Waals surface area contributed by atoms with Crippen molar-refractivity contribution >= 4 is 33.4 Å². The molecule has 0 radical (unpaired) electrons. The molecule has 4 saturated carbocycles. The average Bonchev–Trinajstić information content (AvgIpc) is 2.54. The van der Waals surface area contributed by atoms with Crippen LogP contribution in [0.3, 0.4) is 0 Å². The van der Waals surface area contributed by atoms with Gasteiger partial charge in [0.25, 0.3) is 0 Å². The van der Waals surface area contributed by atoms with Gasteiger partial charge in [0, 0.05) is 16.4 Å². The minimum Gasteiger partial charge on any atom is -0.347 e. The summed E-state index contributed by atoms with van der Waals surface area (Å²) in [5.41, 5.74) is 3.05. The van der Waals surface area contributed by atoms with Gasteiger partial charge in [-0.3, -0.25) is 9.59 Å². The Kier molecular flexibility index (Phi) is 4.86. The number of carbonyl (C=O) groups is 2. The lowest BCUT2D eigenvalue weighted by Crippen LogP contribution is -2.54. The van der Waals surface area contributed by atoms with E-state index in [0.717, 1.165) is 35.1 Å². The number of amides is 2. The van der Waals surface area contributed by atoms with Crippen molar-refractivity contribution in [3.05, 3.63) is 29.3 Å². The monoisotopic (exact) mass is 432 g/mol. The van der Waals surface area contributed by atoms with Gasteiger partial charge in [0.05, 0.1) is 6.54 Å². The van der Waals surface area contributed by atoms with Crippen LogP contribution in [-0.2, 0) is 9.59 Å². The van der Waals surface area contributed by atoms with Crippen molar-refractivity contribution < 1.29 is 9.59 Å². The van der Waals surface area contributed by atoms with Gasteiger partial charge in [0.2, 0.25) is 11.8 Å². The zero-order valence-corrected chi connectivity index (χ0v) is 17.8. The van der Waals surface area contributed by atoms with Gasteiger partial charge in [-0.15, -0.1) is 0 Å². The van der Waals surface area contributed by atoms with E-state index in [2.05, 4.69) is 26.6 Å². The predicted molar refractivity (Wildman–Crippen MR) is 111 cm³/mol. The molecule has 4 aliphatic rings. The number of aryl methyl sites for hydroxylation is 2. The SMILES string of the molecule is Cc1cccc(C)c1NC(=O)CNC(=O)CC12CC3CC(CC(Br)(C3)C1)C2. The van der Waals surface area contributed by atoms with Crippen LogP contribution in [0.4, 0.5) is 5.69 Å². The molecule has 1 aromatic carbocycles. The minimum atomic E-state index is -0.164. The first-order valence-electron chi connectivity index (χ1n) is 10.1. The molecule has 2 N–H and O–H groups in total. The molecule has 5 heteroatoms. The second kappa shape index (κ2) is 6.91. The molecule has 4 fully saturated rings. The van der Waals surface area contributed by atoms with Gasteiger partial charge in [-0.05, 0) is 80.8 Å². The maximum absolute atomic E-state index is 12.6. The Morgan fingerprint density at radius 1 is 1.07 bits per heavy atom. The molecule has 27 heavy (non-hydrogen) atoms. The van der Waals surface area contributed by atoms with E-state index in [4.69, 9.17) is 0 Å². The molecule has 4 nitrogen and oxygen atoms in total. The first kappa shape index (κ1) is 19.0. The Labute approximate surface area is 170 Å². The normalized spacial score (nSPS) is 33.7. The predicted octanol–water partition coefficient (Wildman–Crippen LogP) is 4.48. The van der Waals surface area contributed by atoms with Crippen LogP contribution in [0.25, 0.3) is 0 Å². The molecule has 0 spiro atoms. The molecular formula is C22H29BrN2O2. The van der Waals surface area contributed by atoms with Crippen LogP contribution in [0.15, 0.2) is 18.2 Å². The second-order valence-electron chi connectivity index (χ2n) is 9.38. The first-order chi connectivity index (χ1) is 12.8. The van der Waals surface area contributed by atoms with E-state index in [1.807, 2.05) is 32.0 Å². The number of anilines is 1. The molecule has 146 valence electrons. The number of alkyl halides is 1. The Morgan fingerprint density at radius 2 is 1.70 bits per heavy atom. The zero-order chi connectivity index (χ0) is 19.2. The molecule has 5 rings (SSSR count). The van der Waals surface area contributed by atoms with Crippen LogP contribution < -0.4 is 10.6 Å². The summed E-state index contributed by atoms with van der Waals surface area (Å²) >= 11 is 4.00. The quantitative estimate of drug-likeness (QED) is 0.673. The van der Waals surface area contributed by atoms with E-state index in [-0.39, 0.29) is 28.1 Å². The van der Waals surface area contributed by atoms with Gasteiger partial charge in [0.15, 0.2) is 0 Å². The topological polar surface area (TPSA) is 58.2 Å². The summed E-state index contributed by atoms with van der Waals surface area (Å²) in [5.74, 6) is 1.39. The summed E-state index contributed by atoms with van der Waals surface area (Å²) in [4.78, 5) is 24.9. The summed E-state index contributed by atoms with van der Waals surface area (Å²) in [6.07, 6.45) is 7.90. The lowest BCUT2D eigenvalue weighted by Gasteiger charge is -2.60. The summed E-state index contributed by atoms with van der Waals surface area (Å²) in [6, 6.07) is 5.93. The third kappa shape index (κ3) is 3.94. The fraction of sp³-hybridized carbons (Fsp3) is 0.636. The summed E-state index contributed by atoms with van der Waals surface area (Å²) in [7, 11) is 0. The van der Waals surface area contributed by atoms with Crippen LogP contribution in [0, 0.1) is 31.1 Å². The number of rotatable bonds is 5. The number of hydrogen-bond acceptors (Lipinski definition) is 2. The van der Waals surface area contributed by atoms with E-state index in [9.17, 15) is 9.59 Å². The van der Waals surface area contributed by atoms with Crippen LogP contribution in [0.2, 0.25) is 0 Å². The maximum atomic E-state index is 12.6. The molecule has 2 unspecified atom stereocenters. The van der Waals surface area contributed by atoms with Crippen molar-refractivity contribution in [3.8, 4) is 0 Å². The highest BCUT2D eigenvalue weighted by Crippen LogP contribution is 2.65. The van der Waals surface area contributed by atoms with Crippen LogP contribution in [0.1, 0.15) is 56.1 Å². The largest absolute Gasteiger partial charge is 0.347 e. The van der Waals surface area contributed by atoms with Gasteiger partial charge in [-0.25, -0.2) is 0 Å². The number of halogens is 1. The molecule has 0 aliphatic heterocycles. The number of para-hydroxylation sites is 1. The first-order valence-corrected chi connectivity index (χ1v) is 10.9. The minimum absolute atomic E-state index is 0.0182. The Morgan fingerprint density at radius 3 is 2.30 bits per heavy atom. The highest BCUT2D eigenvalue weighted by atomic mass is 79.9. The van der Waals surface area contributed by atoms with Gasteiger partial charge < -0.3 is 10.6 Å². The molecule has 2 atom stereocenters. The fourth-order valence-corrected chi connectivity index (χ4v) is 7.83. The number of hydrogen-bond donors (Lipinski definition) is 2. The molecule has 4 aliphatic carbocycles. The summed E-state index contributed by atoms with van der Waals surface area (Å²) < 4.78 is 0.261. The van der Waals surface area contributed by atoms with E-state index in [1.54, 1.807) is 0 Å². The highest BCUT2D eigenvalue weighted by molar-refractivity contribution is 9.10. The Balaban J connectivity index is 1.32. The number of benzene rings is 1. The third-order valence-electron chi connectivity index (χ3n) is 6.84. The van der Waals surface area contributed by atoms with Crippen molar-refractivity contribution in [2.75, 3.05) is 11.9 Å². The average molecular weight is 433 g/mol. The Hall–Kier alpha value is -1.36. The van der Waals surface area contributed by atoms with Crippen molar-refractivity contribution in [2.45, 2.75) is 63.1 Å². The molecular weight excluding hydrogens is 404 g/mol. The lowest BCUT2D eigenvalue weighted by molar-refractivity contribution is -0.130. The van der Waals surface area contributed by atoms with Crippen LogP contribution in [0.5, 0.6) is 0 Å². The number of nitrogens with one attached hydrogen (secondary N) is 2. The van der Waals surface area contributed by atoms with E-state index in [0.29, 0.717) is 6.42 Å². The van der Waals surface area contributed by atoms with E-state index >= 15 is 0 Å². The molecule has 0 saturated heterocycles. The standard InChI is InChI=1S/C22H29BrN2O2/c1-14-4-3-5-15(2)20(14)25-19(27)12-24-18(26)11-21-7-16-6-17(8-21)10-22(23,9-16)13-21/h3-5,16-17H,6-13H2,1-2H3,(H,24,26)(H,25,27). The third-order valence-corrected chi connectivity index (χ3v) is 7.77. The van der Waals surface area contributed by atoms with Crippen LogP contribution >= 0.6 is 15.9 Å². The van der Waals surface area contributed by atoms with Gasteiger partial charge in [0.1, 0.15) is 0 Å². The molecule has 1 aromatic rings. The number of carbonyl (C=O) groups excluding carboxylic acids is 2. The van der Waals surface area contributed by atoms with E-state index in [1.165, 1.54) is 32.1 Å². The Bertz CT molecular complexity index is 741. The fourth-order valence-electron chi connectivity index (χ4n) is 6.32. The summed E-state index contributed by atoms with van der Waals surface area (Å²) in [6.45, 7) is 3.99. The van der Waals surface area contributed by atoms with Crippen molar-refractivity contribution in [3.63, 3.8) is 0 Å². The molecule has 0 heterocycles. The molecule has 0 aromatic heterocycles. The van der Waals surface area contributed by atoms with Gasteiger partial charge in [-0.2, -0.15) is 0 Å². The van der Waals surface area contributed by atoms with E-state index < -0.39 is 0 Å². The highest BCUT2D eigenvalue weighted by Gasteiger charge is 2.57. The van der Waals surface area contributed by atoms with Crippen molar-refractivity contribution in [2.24, 2.45) is 17.3 Å². The maximum Gasteiger partial charge on any atom is 0.243 e. The second-order valence-corrected chi connectivity index (χ2v) is 11.1. The van der Waals surface area contributed by atoms with Gasteiger partial charge >= 0.3 is 0 Å². The molecule has 2 amide bonds. The zero-order valence-electron chi connectivity index (χ0n) is 16.2. The van der Waals surface area contributed by atoms with Crippen LogP contribution in [-0.4, -0.2) is 22.7 Å². The molecule has 4 bridgehead atoms. The lowest BCUT2D eigenvalue weighted by atomic mass is 9.48. The smallest absolute Gasteiger partial charge is 0.243 e. The van der Waals surface area contributed by atoms with Crippen molar-refractivity contribution in [1.82, 2.24) is 5.32 Å². The van der Waals surface area contributed by atoms with Crippen molar-refractivity contribution in [1.29, 1.82) is 0 Å².